The Morgan fingerprint density at radius 3 is 2.43 bits per heavy atom. The van der Waals surface area contributed by atoms with Crippen LogP contribution in [0.4, 0.5) is 5.69 Å². The molecule has 1 heterocycles. The number of nitrogens with zero attached hydrogens (tertiary/aromatic N) is 1. The van der Waals surface area contributed by atoms with E-state index in [-0.39, 0.29) is 5.91 Å². The Morgan fingerprint density at radius 1 is 1.10 bits per heavy atom. The molecule has 1 aromatic carbocycles. The SMILES string of the molecule is Nc1c(Cl)cc(C(=O)N2CCCC3CCCCC32)cc1Cl. The zero-order valence-electron chi connectivity index (χ0n) is 11.9. The van der Waals surface area contributed by atoms with Crippen LogP contribution in [0.15, 0.2) is 12.1 Å². The fraction of sp³-hybridized carbons (Fsp3) is 0.562. The molecule has 2 unspecified atom stereocenters. The molecule has 0 spiro atoms. The maximum atomic E-state index is 12.8. The molecule has 5 heteroatoms. The number of piperidine rings is 1. The smallest absolute Gasteiger partial charge is 0.254 e. The third-order valence-corrected chi connectivity index (χ3v) is 5.46. The van der Waals surface area contributed by atoms with Gasteiger partial charge in [-0.2, -0.15) is 0 Å². The number of halogens is 2. The predicted molar refractivity (Wildman–Crippen MR) is 86.9 cm³/mol. The van der Waals surface area contributed by atoms with Crippen LogP contribution < -0.4 is 5.73 Å². The number of hydrogen-bond acceptors (Lipinski definition) is 2. The molecule has 2 atom stereocenters. The standard InChI is InChI=1S/C16H20Cl2N2O/c17-12-8-11(9-13(18)15(12)19)16(21)20-7-3-5-10-4-1-2-6-14(10)20/h8-10,14H,1-7,19H2. The molecular weight excluding hydrogens is 307 g/mol. The molecule has 0 aromatic heterocycles. The maximum Gasteiger partial charge on any atom is 0.254 e. The molecule has 21 heavy (non-hydrogen) atoms. The number of nitrogen functional groups attached to an aromatic ring is 1. The summed E-state index contributed by atoms with van der Waals surface area (Å²) < 4.78 is 0. The summed E-state index contributed by atoms with van der Waals surface area (Å²) in [6.07, 6.45) is 7.21. The Bertz CT molecular complexity index is 536. The number of carbonyl (C=O) groups excluding carboxylic acids is 1. The van der Waals surface area contributed by atoms with Crippen molar-refractivity contribution in [3.63, 3.8) is 0 Å². The van der Waals surface area contributed by atoms with Crippen LogP contribution in [-0.2, 0) is 0 Å². The first kappa shape index (κ1) is 15.0. The Kier molecular flexibility index (Phi) is 4.32. The van der Waals surface area contributed by atoms with Crippen molar-refractivity contribution in [1.82, 2.24) is 4.90 Å². The molecule has 1 amide bonds. The number of likely N-dealkylation sites (tertiary alicyclic amines) is 1. The van der Waals surface area contributed by atoms with E-state index in [9.17, 15) is 4.79 Å². The molecule has 0 bridgehead atoms. The highest BCUT2D eigenvalue weighted by molar-refractivity contribution is 6.39. The average Bonchev–Trinajstić information content (AvgIpc) is 2.51. The van der Waals surface area contributed by atoms with Crippen molar-refractivity contribution in [3.8, 4) is 0 Å². The Morgan fingerprint density at radius 2 is 1.71 bits per heavy atom. The first-order valence-electron chi connectivity index (χ1n) is 7.63. The van der Waals surface area contributed by atoms with E-state index in [0.717, 1.165) is 19.4 Å². The summed E-state index contributed by atoms with van der Waals surface area (Å²) in [5.74, 6) is 0.701. The summed E-state index contributed by atoms with van der Waals surface area (Å²) in [7, 11) is 0. The fourth-order valence-electron chi connectivity index (χ4n) is 3.75. The largest absolute Gasteiger partial charge is 0.396 e. The zero-order valence-corrected chi connectivity index (χ0v) is 13.5. The lowest BCUT2D eigenvalue weighted by Crippen LogP contribution is -2.49. The van der Waals surface area contributed by atoms with Crippen molar-refractivity contribution in [3.05, 3.63) is 27.7 Å². The van der Waals surface area contributed by atoms with Crippen LogP contribution in [0.5, 0.6) is 0 Å². The summed E-state index contributed by atoms with van der Waals surface area (Å²) in [6.45, 7) is 0.833. The average molecular weight is 327 g/mol. The number of amides is 1. The van der Waals surface area contributed by atoms with Gasteiger partial charge in [0.15, 0.2) is 0 Å². The summed E-state index contributed by atoms with van der Waals surface area (Å²) in [5, 5.41) is 0.700. The van der Waals surface area contributed by atoms with Gasteiger partial charge >= 0.3 is 0 Å². The van der Waals surface area contributed by atoms with Gasteiger partial charge in [0.25, 0.3) is 5.91 Å². The van der Waals surface area contributed by atoms with Crippen molar-refractivity contribution in [2.75, 3.05) is 12.3 Å². The Labute approximate surface area is 135 Å². The molecule has 1 aliphatic heterocycles. The van der Waals surface area contributed by atoms with Gasteiger partial charge in [0.2, 0.25) is 0 Å². The van der Waals surface area contributed by atoms with E-state index in [4.69, 9.17) is 28.9 Å². The molecule has 1 saturated heterocycles. The van der Waals surface area contributed by atoms with Crippen molar-refractivity contribution in [2.45, 2.75) is 44.6 Å². The van der Waals surface area contributed by atoms with E-state index in [1.807, 2.05) is 4.90 Å². The molecular formula is C16H20Cl2N2O. The minimum atomic E-state index is 0.0374. The van der Waals surface area contributed by atoms with Gasteiger partial charge in [-0.1, -0.05) is 36.0 Å². The summed E-state index contributed by atoms with van der Waals surface area (Å²) in [4.78, 5) is 14.9. The van der Waals surface area contributed by atoms with E-state index in [1.54, 1.807) is 12.1 Å². The third kappa shape index (κ3) is 2.86. The lowest BCUT2D eigenvalue weighted by Gasteiger charge is -2.44. The van der Waals surface area contributed by atoms with E-state index in [0.29, 0.717) is 33.3 Å². The molecule has 3 nitrogen and oxygen atoms in total. The van der Waals surface area contributed by atoms with E-state index in [1.165, 1.54) is 25.7 Å². The number of nitrogens with two attached hydrogens (primary N) is 1. The third-order valence-electron chi connectivity index (χ3n) is 4.83. The molecule has 2 N–H and O–H groups in total. The molecule has 2 fully saturated rings. The summed E-state index contributed by atoms with van der Waals surface area (Å²) in [5.41, 5.74) is 6.63. The van der Waals surface area contributed by atoms with Crippen LogP contribution in [0.25, 0.3) is 0 Å². The van der Waals surface area contributed by atoms with Crippen molar-refractivity contribution in [2.24, 2.45) is 5.92 Å². The second-order valence-corrected chi connectivity index (χ2v) is 6.92. The van der Waals surface area contributed by atoms with Crippen LogP contribution in [-0.4, -0.2) is 23.4 Å². The molecule has 2 aliphatic rings. The molecule has 3 rings (SSSR count). The summed E-state index contributed by atoms with van der Waals surface area (Å²) >= 11 is 12.1. The number of benzene rings is 1. The predicted octanol–water partition coefficient (Wildman–Crippen LogP) is 4.37. The molecule has 114 valence electrons. The number of carbonyl (C=O) groups is 1. The lowest BCUT2D eigenvalue weighted by molar-refractivity contribution is 0.0391. The minimum absolute atomic E-state index is 0.0374. The van der Waals surface area contributed by atoms with Gasteiger partial charge < -0.3 is 10.6 Å². The van der Waals surface area contributed by atoms with Gasteiger partial charge in [-0.25, -0.2) is 0 Å². The van der Waals surface area contributed by atoms with E-state index in [2.05, 4.69) is 0 Å². The van der Waals surface area contributed by atoms with Crippen LogP contribution in [0, 0.1) is 5.92 Å². The highest BCUT2D eigenvalue weighted by atomic mass is 35.5. The fourth-order valence-corrected chi connectivity index (χ4v) is 4.24. The molecule has 0 radical (unpaired) electrons. The number of anilines is 1. The van der Waals surface area contributed by atoms with Crippen molar-refractivity contribution in [1.29, 1.82) is 0 Å². The van der Waals surface area contributed by atoms with Gasteiger partial charge in [-0.05, 0) is 43.7 Å². The van der Waals surface area contributed by atoms with Crippen LogP contribution in [0.3, 0.4) is 0 Å². The maximum absolute atomic E-state index is 12.8. The van der Waals surface area contributed by atoms with Gasteiger partial charge in [0.05, 0.1) is 15.7 Å². The van der Waals surface area contributed by atoms with Gasteiger partial charge in [0.1, 0.15) is 0 Å². The summed E-state index contributed by atoms with van der Waals surface area (Å²) in [6, 6.07) is 3.66. The van der Waals surface area contributed by atoms with Gasteiger partial charge in [0, 0.05) is 18.2 Å². The number of rotatable bonds is 1. The van der Waals surface area contributed by atoms with E-state index >= 15 is 0 Å². The highest BCUT2D eigenvalue weighted by Gasteiger charge is 2.36. The lowest BCUT2D eigenvalue weighted by atomic mass is 9.78. The number of hydrogen-bond donors (Lipinski definition) is 1. The minimum Gasteiger partial charge on any atom is -0.396 e. The quantitative estimate of drug-likeness (QED) is 0.779. The first-order chi connectivity index (χ1) is 10.1. The topological polar surface area (TPSA) is 46.3 Å². The number of fused-ring (bicyclic) bond motifs is 1. The molecule has 1 aromatic rings. The van der Waals surface area contributed by atoms with Crippen LogP contribution in [0.1, 0.15) is 48.9 Å². The zero-order chi connectivity index (χ0) is 15.0. The first-order valence-corrected chi connectivity index (χ1v) is 8.39. The molecule has 1 aliphatic carbocycles. The second-order valence-electron chi connectivity index (χ2n) is 6.11. The van der Waals surface area contributed by atoms with Crippen LogP contribution in [0.2, 0.25) is 10.0 Å². The van der Waals surface area contributed by atoms with Gasteiger partial charge in [-0.15, -0.1) is 0 Å². The van der Waals surface area contributed by atoms with Crippen molar-refractivity contribution < 1.29 is 4.79 Å². The Balaban J connectivity index is 1.87. The van der Waals surface area contributed by atoms with Gasteiger partial charge in [-0.3, -0.25) is 4.79 Å². The van der Waals surface area contributed by atoms with Crippen molar-refractivity contribution >= 4 is 34.8 Å². The molecule has 1 saturated carbocycles. The van der Waals surface area contributed by atoms with Crippen LogP contribution >= 0.6 is 23.2 Å². The Hall–Kier alpha value is -0.930. The monoisotopic (exact) mass is 326 g/mol. The van der Waals surface area contributed by atoms with E-state index < -0.39 is 0 Å². The highest BCUT2D eigenvalue weighted by Crippen LogP contribution is 2.37. The normalized spacial score (nSPS) is 25.5. The second kappa shape index (κ2) is 6.05.